The van der Waals surface area contributed by atoms with Crippen molar-refractivity contribution in [1.29, 1.82) is 0 Å². The predicted molar refractivity (Wildman–Crippen MR) is 63.6 cm³/mol. The number of benzene rings is 1. The Balaban J connectivity index is 3.18. The van der Waals surface area contributed by atoms with Crippen molar-refractivity contribution in [2.24, 2.45) is 0 Å². The third-order valence-corrected chi connectivity index (χ3v) is 2.41. The number of carbonyl (C=O) groups is 1. The van der Waals surface area contributed by atoms with Crippen LogP contribution in [0.3, 0.4) is 0 Å². The third kappa shape index (κ3) is 2.93. The van der Waals surface area contributed by atoms with Gasteiger partial charge >= 0.3 is 5.97 Å². The fourth-order valence-electron chi connectivity index (χ4n) is 1.56. The minimum atomic E-state index is -1.29. The highest BCUT2D eigenvalue weighted by Gasteiger charge is 2.20. The second-order valence-electron chi connectivity index (χ2n) is 3.69. The maximum Gasteiger partial charge on any atom is 0.342 e. The lowest BCUT2D eigenvalue weighted by molar-refractivity contribution is -0.385. The Hall–Kier alpha value is -2.11. The second-order valence-corrected chi connectivity index (χ2v) is 3.69. The standard InChI is InChI=1S/C11H14N2O4/c1-3-6-12(2)8-4-5-10(13(16)17)9(7-8)11(14)15/h4-5,7H,3,6H2,1-2H3,(H,14,15). The van der Waals surface area contributed by atoms with E-state index in [1.54, 1.807) is 6.07 Å². The highest BCUT2D eigenvalue weighted by atomic mass is 16.6. The molecule has 92 valence electrons. The van der Waals surface area contributed by atoms with Gasteiger partial charge in [0.05, 0.1) is 4.92 Å². The van der Waals surface area contributed by atoms with Crippen LogP contribution in [-0.2, 0) is 0 Å². The largest absolute Gasteiger partial charge is 0.477 e. The Morgan fingerprint density at radius 2 is 2.18 bits per heavy atom. The molecule has 1 N–H and O–H groups in total. The normalized spacial score (nSPS) is 10.0. The molecule has 0 spiro atoms. The van der Waals surface area contributed by atoms with Crippen LogP contribution in [-0.4, -0.2) is 29.6 Å². The van der Waals surface area contributed by atoms with E-state index in [0.29, 0.717) is 5.69 Å². The van der Waals surface area contributed by atoms with Crippen LogP contribution in [0.5, 0.6) is 0 Å². The van der Waals surface area contributed by atoms with Crippen LogP contribution in [0, 0.1) is 10.1 Å². The first-order chi connectivity index (χ1) is 7.97. The summed E-state index contributed by atoms with van der Waals surface area (Å²) in [5, 5.41) is 19.6. The van der Waals surface area contributed by atoms with Gasteiger partial charge in [-0.25, -0.2) is 4.79 Å². The quantitative estimate of drug-likeness (QED) is 0.627. The molecule has 0 amide bonds. The summed E-state index contributed by atoms with van der Waals surface area (Å²) in [5.74, 6) is -1.29. The molecule has 1 aromatic carbocycles. The average molecular weight is 238 g/mol. The number of nitro groups is 1. The van der Waals surface area contributed by atoms with Crippen LogP contribution in [0.1, 0.15) is 23.7 Å². The molecule has 0 aromatic heterocycles. The van der Waals surface area contributed by atoms with Gasteiger partial charge in [-0.2, -0.15) is 0 Å². The number of carboxylic acids is 1. The highest BCUT2D eigenvalue weighted by Crippen LogP contribution is 2.24. The van der Waals surface area contributed by atoms with Gasteiger partial charge < -0.3 is 10.0 Å². The van der Waals surface area contributed by atoms with Gasteiger partial charge in [0.2, 0.25) is 0 Å². The van der Waals surface area contributed by atoms with Crippen LogP contribution in [0.4, 0.5) is 11.4 Å². The van der Waals surface area contributed by atoms with Crippen molar-refractivity contribution in [3.63, 3.8) is 0 Å². The summed E-state index contributed by atoms with van der Waals surface area (Å²) in [6.45, 7) is 2.76. The number of rotatable bonds is 5. The molecule has 6 heteroatoms. The SMILES string of the molecule is CCCN(C)c1ccc([N+](=O)[O-])c(C(=O)O)c1. The minimum Gasteiger partial charge on any atom is -0.477 e. The smallest absolute Gasteiger partial charge is 0.342 e. The van der Waals surface area contributed by atoms with E-state index in [0.717, 1.165) is 13.0 Å². The van der Waals surface area contributed by atoms with E-state index in [2.05, 4.69) is 0 Å². The zero-order valence-electron chi connectivity index (χ0n) is 9.71. The van der Waals surface area contributed by atoms with E-state index in [-0.39, 0.29) is 11.3 Å². The van der Waals surface area contributed by atoms with E-state index < -0.39 is 10.9 Å². The number of aromatic carboxylic acids is 1. The summed E-state index contributed by atoms with van der Waals surface area (Å²) in [5.41, 5.74) is -0.00329. The maximum absolute atomic E-state index is 10.9. The first-order valence-corrected chi connectivity index (χ1v) is 5.20. The van der Waals surface area contributed by atoms with Crippen molar-refractivity contribution < 1.29 is 14.8 Å². The van der Waals surface area contributed by atoms with Gasteiger partial charge in [0, 0.05) is 25.3 Å². The van der Waals surface area contributed by atoms with Gasteiger partial charge in [0.25, 0.3) is 5.69 Å². The highest BCUT2D eigenvalue weighted by molar-refractivity contribution is 5.93. The molecule has 6 nitrogen and oxygen atoms in total. The van der Waals surface area contributed by atoms with Crippen LogP contribution in [0.25, 0.3) is 0 Å². The van der Waals surface area contributed by atoms with Gasteiger partial charge in [-0.1, -0.05) is 6.92 Å². The van der Waals surface area contributed by atoms with E-state index in [9.17, 15) is 14.9 Å². The first-order valence-electron chi connectivity index (χ1n) is 5.20. The molecule has 0 heterocycles. The van der Waals surface area contributed by atoms with E-state index >= 15 is 0 Å². The topological polar surface area (TPSA) is 83.7 Å². The minimum absolute atomic E-state index is 0.282. The molecule has 0 aliphatic rings. The Labute approximate surface area is 98.6 Å². The van der Waals surface area contributed by atoms with Crippen LogP contribution in [0.2, 0.25) is 0 Å². The number of nitro benzene ring substituents is 1. The molecule has 0 fully saturated rings. The molecule has 0 radical (unpaired) electrons. The monoisotopic (exact) mass is 238 g/mol. The van der Waals surface area contributed by atoms with Gasteiger partial charge in [0.1, 0.15) is 5.56 Å². The maximum atomic E-state index is 10.9. The summed E-state index contributed by atoms with van der Waals surface area (Å²) in [7, 11) is 1.82. The number of nitrogens with zero attached hydrogens (tertiary/aromatic N) is 2. The number of anilines is 1. The van der Waals surface area contributed by atoms with Crippen molar-refractivity contribution in [1.82, 2.24) is 0 Å². The number of carboxylic acid groups (broad SMARTS) is 1. The van der Waals surface area contributed by atoms with Crippen molar-refractivity contribution in [3.05, 3.63) is 33.9 Å². The molecule has 0 saturated carbocycles. The number of hydrogen-bond acceptors (Lipinski definition) is 4. The zero-order valence-corrected chi connectivity index (χ0v) is 9.71. The van der Waals surface area contributed by atoms with Crippen molar-refractivity contribution in [3.8, 4) is 0 Å². The fourth-order valence-corrected chi connectivity index (χ4v) is 1.56. The molecule has 0 aliphatic heterocycles. The lowest BCUT2D eigenvalue weighted by Crippen LogP contribution is -2.18. The van der Waals surface area contributed by atoms with Crippen LogP contribution < -0.4 is 4.90 Å². The molecule has 0 atom stereocenters. The van der Waals surface area contributed by atoms with E-state index in [1.165, 1.54) is 12.1 Å². The van der Waals surface area contributed by atoms with Crippen molar-refractivity contribution in [2.45, 2.75) is 13.3 Å². The second kappa shape index (κ2) is 5.29. The van der Waals surface area contributed by atoms with Gasteiger partial charge in [-0.15, -0.1) is 0 Å². The zero-order chi connectivity index (χ0) is 13.0. The lowest BCUT2D eigenvalue weighted by Gasteiger charge is -2.18. The summed E-state index contributed by atoms with van der Waals surface area (Å²) in [4.78, 5) is 22.8. The first kappa shape index (κ1) is 13.0. The fraction of sp³-hybridized carbons (Fsp3) is 0.364. The molecule has 17 heavy (non-hydrogen) atoms. The molecule has 0 unspecified atom stereocenters. The molecule has 0 saturated heterocycles. The summed E-state index contributed by atoms with van der Waals surface area (Å²) < 4.78 is 0. The van der Waals surface area contributed by atoms with Gasteiger partial charge in [-0.05, 0) is 18.6 Å². The third-order valence-electron chi connectivity index (χ3n) is 2.41. The molecular weight excluding hydrogens is 224 g/mol. The Morgan fingerprint density at radius 3 is 2.65 bits per heavy atom. The van der Waals surface area contributed by atoms with E-state index in [1.807, 2.05) is 18.9 Å². The van der Waals surface area contributed by atoms with E-state index in [4.69, 9.17) is 5.11 Å². The van der Waals surface area contributed by atoms with Gasteiger partial charge in [-0.3, -0.25) is 10.1 Å². The van der Waals surface area contributed by atoms with Crippen LogP contribution in [0.15, 0.2) is 18.2 Å². The Kier molecular flexibility index (Phi) is 4.03. The molecule has 0 aliphatic carbocycles. The lowest BCUT2D eigenvalue weighted by atomic mass is 10.1. The Morgan fingerprint density at radius 1 is 1.53 bits per heavy atom. The predicted octanol–water partition coefficient (Wildman–Crippen LogP) is 2.14. The Bertz CT molecular complexity index is 445. The average Bonchev–Trinajstić information content (AvgIpc) is 2.28. The number of hydrogen-bond donors (Lipinski definition) is 1. The molecule has 1 rings (SSSR count). The molecular formula is C11H14N2O4. The summed E-state index contributed by atoms with van der Waals surface area (Å²) in [6.07, 6.45) is 0.913. The summed E-state index contributed by atoms with van der Waals surface area (Å²) >= 11 is 0. The van der Waals surface area contributed by atoms with Crippen molar-refractivity contribution in [2.75, 3.05) is 18.5 Å². The van der Waals surface area contributed by atoms with Crippen molar-refractivity contribution >= 4 is 17.3 Å². The molecule has 1 aromatic rings. The molecule has 0 bridgehead atoms. The van der Waals surface area contributed by atoms with Crippen LogP contribution >= 0.6 is 0 Å². The van der Waals surface area contributed by atoms with Gasteiger partial charge in [0.15, 0.2) is 0 Å². The summed E-state index contributed by atoms with van der Waals surface area (Å²) in [6, 6.07) is 4.11.